The fourth-order valence-electron chi connectivity index (χ4n) is 3.05. The Bertz CT molecular complexity index is 764. The highest BCUT2D eigenvalue weighted by Crippen LogP contribution is 2.26. The van der Waals surface area contributed by atoms with E-state index in [-0.39, 0.29) is 0 Å². The Kier molecular flexibility index (Phi) is 11.5. The molecule has 0 amide bonds. The summed E-state index contributed by atoms with van der Waals surface area (Å²) >= 11 is 1.71. The quantitative estimate of drug-likeness (QED) is 0.258. The summed E-state index contributed by atoms with van der Waals surface area (Å²) in [5.41, 5.74) is 6.24. The van der Waals surface area contributed by atoms with Crippen molar-refractivity contribution < 1.29 is 0 Å². The second-order valence-electron chi connectivity index (χ2n) is 8.22. The second kappa shape index (κ2) is 13.3. The van der Waals surface area contributed by atoms with Gasteiger partial charge in [0.05, 0.1) is 0 Å². The van der Waals surface area contributed by atoms with Crippen LogP contribution in [0.25, 0.3) is 0 Å². The lowest BCUT2D eigenvalue weighted by Gasteiger charge is -2.12. The van der Waals surface area contributed by atoms with Crippen LogP contribution in [-0.4, -0.2) is 0 Å². The molecule has 0 radical (unpaired) electrons. The Morgan fingerprint density at radius 1 is 1.03 bits per heavy atom. The molecule has 0 unspecified atom stereocenters. The van der Waals surface area contributed by atoms with E-state index in [1.807, 2.05) is 6.92 Å². The summed E-state index contributed by atoms with van der Waals surface area (Å²) < 4.78 is 0. The van der Waals surface area contributed by atoms with E-state index < -0.39 is 0 Å². The summed E-state index contributed by atoms with van der Waals surface area (Å²) in [7, 11) is 0. The predicted molar refractivity (Wildman–Crippen MR) is 134 cm³/mol. The summed E-state index contributed by atoms with van der Waals surface area (Å²) in [5.74, 6) is 0.550. The minimum absolute atomic E-state index is 0.550. The lowest BCUT2D eigenvalue weighted by atomic mass is 9.99. The van der Waals surface area contributed by atoms with E-state index >= 15 is 0 Å². The molecule has 29 heavy (non-hydrogen) atoms. The van der Waals surface area contributed by atoms with Gasteiger partial charge in [-0.05, 0) is 79.4 Å². The van der Waals surface area contributed by atoms with Gasteiger partial charge in [-0.1, -0.05) is 69.5 Å². The van der Waals surface area contributed by atoms with Gasteiger partial charge in [0.25, 0.3) is 0 Å². The highest BCUT2D eigenvalue weighted by molar-refractivity contribution is 8.06. The van der Waals surface area contributed by atoms with Gasteiger partial charge < -0.3 is 5.32 Å². The van der Waals surface area contributed by atoms with E-state index in [2.05, 4.69) is 89.2 Å². The monoisotopic (exact) mass is 409 g/mol. The molecule has 0 bridgehead atoms. The fourth-order valence-corrected chi connectivity index (χ4v) is 3.79. The predicted octanol–water partition coefficient (Wildman–Crippen LogP) is 8.65. The molecule has 1 aromatic carbocycles. The van der Waals surface area contributed by atoms with Crippen LogP contribution in [0.2, 0.25) is 0 Å². The molecule has 0 atom stereocenters. The van der Waals surface area contributed by atoms with Crippen molar-refractivity contribution in [3.63, 3.8) is 0 Å². The molecule has 0 saturated heterocycles. The Morgan fingerprint density at radius 3 is 2.38 bits per heavy atom. The van der Waals surface area contributed by atoms with Crippen LogP contribution in [0.3, 0.4) is 0 Å². The number of rotatable bonds is 13. The van der Waals surface area contributed by atoms with Gasteiger partial charge in [0.2, 0.25) is 0 Å². The fraction of sp³-hybridized carbons (Fsp3) is 0.407. The topological polar surface area (TPSA) is 12.0 Å². The molecule has 0 spiro atoms. The molecule has 1 aromatic rings. The first-order valence-corrected chi connectivity index (χ1v) is 11.4. The zero-order valence-corrected chi connectivity index (χ0v) is 19.9. The third-order valence-corrected chi connectivity index (χ3v) is 5.46. The zero-order chi connectivity index (χ0) is 21.8. The van der Waals surface area contributed by atoms with Crippen LogP contribution >= 0.6 is 11.8 Å². The van der Waals surface area contributed by atoms with Crippen LogP contribution in [0, 0.1) is 0 Å². The molecule has 1 nitrogen and oxygen atoms in total. The van der Waals surface area contributed by atoms with Gasteiger partial charge in [0, 0.05) is 17.8 Å². The third kappa shape index (κ3) is 11.6. The summed E-state index contributed by atoms with van der Waals surface area (Å²) in [6, 6.07) is 8.78. The molecule has 1 N–H and O–H groups in total. The smallest absolute Gasteiger partial charge is 0.0120 e. The van der Waals surface area contributed by atoms with E-state index in [4.69, 9.17) is 0 Å². The minimum atomic E-state index is 0.550. The van der Waals surface area contributed by atoms with Gasteiger partial charge >= 0.3 is 0 Å². The Labute approximate surface area is 183 Å². The van der Waals surface area contributed by atoms with Crippen molar-refractivity contribution in [1.82, 2.24) is 5.32 Å². The molecule has 1 rings (SSSR count). The van der Waals surface area contributed by atoms with Crippen LogP contribution < -0.4 is 5.32 Å². The van der Waals surface area contributed by atoms with Crippen LogP contribution in [0.5, 0.6) is 0 Å². The number of benzene rings is 1. The molecule has 0 aliphatic rings. The number of thioether (sulfide) groups is 1. The van der Waals surface area contributed by atoms with Gasteiger partial charge in [-0.2, -0.15) is 0 Å². The number of hydrogen-bond acceptors (Lipinski definition) is 2. The summed E-state index contributed by atoms with van der Waals surface area (Å²) in [5, 5.41) is 3.43. The van der Waals surface area contributed by atoms with Crippen molar-refractivity contribution in [1.29, 1.82) is 0 Å². The minimum Gasteiger partial charge on any atom is -0.363 e. The van der Waals surface area contributed by atoms with E-state index in [0.29, 0.717) is 5.92 Å². The molecular formula is C27H39NS. The highest BCUT2D eigenvalue weighted by atomic mass is 32.2. The molecule has 0 aliphatic heterocycles. The first-order chi connectivity index (χ1) is 13.7. The van der Waals surface area contributed by atoms with Crippen molar-refractivity contribution in [3.8, 4) is 0 Å². The molecule has 0 fully saturated rings. The zero-order valence-electron chi connectivity index (χ0n) is 19.1. The lowest BCUT2D eigenvalue weighted by molar-refractivity contribution is 0.739. The van der Waals surface area contributed by atoms with Gasteiger partial charge in [-0.25, -0.2) is 0 Å². The van der Waals surface area contributed by atoms with Crippen LogP contribution in [0.4, 0.5) is 0 Å². The maximum absolute atomic E-state index is 4.20. The maximum atomic E-state index is 4.20. The number of allylic oxidation sites excluding steroid dienone is 7. The SMILES string of the molecule is C=C(Cc1cccc(C(C)C)c1)N/C(C)=C/C=C(\C)CCCCC(=C)SC(=C)C. The van der Waals surface area contributed by atoms with Crippen molar-refractivity contribution >= 4 is 11.8 Å². The van der Waals surface area contributed by atoms with E-state index in [0.717, 1.165) is 35.6 Å². The molecule has 0 saturated carbocycles. The molecule has 0 aromatic heterocycles. The number of nitrogens with one attached hydrogen (secondary N) is 1. The average Bonchev–Trinajstić information content (AvgIpc) is 2.63. The van der Waals surface area contributed by atoms with Crippen LogP contribution in [0.15, 0.2) is 82.9 Å². The van der Waals surface area contributed by atoms with E-state index in [1.165, 1.54) is 34.4 Å². The Balaban J connectivity index is 2.41. The Morgan fingerprint density at radius 2 is 1.72 bits per heavy atom. The van der Waals surface area contributed by atoms with Gasteiger partial charge in [-0.15, -0.1) is 11.8 Å². The van der Waals surface area contributed by atoms with Crippen molar-refractivity contribution in [3.05, 3.63) is 94.1 Å². The van der Waals surface area contributed by atoms with E-state index in [1.54, 1.807) is 11.8 Å². The molecule has 2 heteroatoms. The third-order valence-electron chi connectivity index (χ3n) is 4.62. The van der Waals surface area contributed by atoms with Crippen molar-refractivity contribution in [2.24, 2.45) is 0 Å². The largest absolute Gasteiger partial charge is 0.363 e. The van der Waals surface area contributed by atoms with Gasteiger partial charge in [0.1, 0.15) is 0 Å². The number of unbranched alkanes of at least 4 members (excludes halogenated alkanes) is 1. The molecule has 0 heterocycles. The standard InChI is InChI=1S/C27H39NS/c1-20(2)27-15-11-14-26(19-27)18-24(7)28-23(6)17-16-22(5)12-9-10-13-25(8)29-21(3)4/h11,14-17,19-20,28H,3,7-10,12-13,18H2,1-2,4-6H3/b22-16+,23-17+. The summed E-state index contributed by atoms with van der Waals surface area (Å²) in [4.78, 5) is 2.34. The normalized spacial score (nSPS) is 12.2. The summed E-state index contributed by atoms with van der Waals surface area (Å²) in [6.45, 7) is 23.0. The first-order valence-electron chi connectivity index (χ1n) is 10.6. The highest BCUT2D eigenvalue weighted by Gasteiger charge is 2.02. The van der Waals surface area contributed by atoms with Gasteiger partial charge in [0.15, 0.2) is 0 Å². The second-order valence-corrected chi connectivity index (χ2v) is 9.70. The molecule has 0 aliphatic carbocycles. The van der Waals surface area contributed by atoms with Crippen LogP contribution in [-0.2, 0) is 6.42 Å². The number of hydrogen-bond donors (Lipinski definition) is 1. The van der Waals surface area contributed by atoms with E-state index in [9.17, 15) is 0 Å². The van der Waals surface area contributed by atoms with Gasteiger partial charge in [-0.3, -0.25) is 0 Å². The maximum Gasteiger partial charge on any atom is 0.0120 e. The lowest BCUT2D eigenvalue weighted by Crippen LogP contribution is -2.11. The summed E-state index contributed by atoms with van der Waals surface area (Å²) in [6.07, 6.45) is 9.78. The molecule has 158 valence electrons. The van der Waals surface area contributed by atoms with Crippen molar-refractivity contribution in [2.75, 3.05) is 0 Å². The van der Waals surface area contributed by atoms with Crippen molar-refractivity contribution in [2.45, 2.75) is 72.6 Å². The Hall–Kier alpha value is -1.93. The van der Waals surface area contributed by atoms with Crippen LogP contribution in [0.1, 0.15) is 77.3 Å². The molecular weight excluding hydrogens is 370 g/mol. The average molecular weight is 410 g/mol. The first kappa shape index (κ1) is 25.1.